The van der Waals surface area contributed by atoms with E-state index in [1.165, 1.54) is 0 Å². The Morgan fingerprint density at radius 1 is 1.24 bits per heavy atom. The molecule has 0 saturated heterocycles. The van der Waals surface area contributed by atoms with Gasteiger partial charge < -0.3 is 0 Å². The average molecular weight is 232 g/mol. The van der Waals surface area contributed by atoms with Crippen molar-refractivity contribution in [3.8, 4) is 0 Å². The Kier molecular flexibility index (Phi) is 2.64. The second-order valence-corrected chi connectivity index (χ2v) is 5.93. The van der Waals surface area contributed by atoms with Gasteiger partial charge in [-0.15, -0.1) is 0 Å². The van der Waals surface area contributed by atoms with Gasteiger partial charge in [-0.3, -0.25) is 9.13 Å². The third kappa shape index (κ3) is 2.02. The number of benzene rings is 1. The van der Waals surface area contributed by atoms with E-state index >= 15 is 0 Å². The molecule has 1 aromatic carbocycles. The van der Waals surface area contributed by atoms with Crippen LogP contribution in [0.5, 0.6) is 0 Å². The van der Waals surface area contributed by atoms with E-state index in [-0.39, 0.29) is 11.1 Å². The minimum Gasteiger partial charge on any atom is -0.295 e. The summed E-state index contributed by atoms with van der Waals surface area (Å²) in [5, 5.41) is 0. The Morgan fingerprint density at radius 2 is 1.88 bits per heavy atom. The molecule has 3 nitrogen and oxygen atoms in total. The Bertz CT molecular complexity index is 611. The molecule has 0 N–H and O–H groups in total. The van der Waals surface area contributed by atoms with E-state index in [0.717, 1.165) is 23.1 Å². The Balaban J connectivity index is 2.79. The lowest BCUT2D eigenvalue weighted by Crippen LogP contribution is -2.27. The zero-order valence-corrected chi connectivity index (χ0v) is 11.2. The van der Waals surface area contributed by atoms with Gasteiger partial charge in [-0.2, -0.15) is 0 Å². The highest BCUT2D eigenvalue weighted by molar-refractivity contribution is 5.79. The van der Waals surface area contributed by atoms with Crippen molar-refractivity contribution >= 4 is 11.0 Å². The minimum absolute atomic E-state index is 0.0734. The van der Waals surface area contributed by atoms with E-state index in [1.807, 2.05) is 23.7 Å². The quantitative estimate of drug-likeness (QED) is 0.742. The van der Waals surface area contributed by atoms with Gasteiger partial charge in [-0.05, 0) is 24.0 Å². The predicted octanol–water partition coefficient (Wildman–Crippen LogP) is 2.69. The summed E-state index contributed by atoms with van der Waals surface area (Å²) in [5.41, 5.74) is 3.41. The summed E-state index contributed by atoms with van der Waals surface area (Å²) < 4.78 is 3.62. The van der Waals surface area contributed by atoms with Crippen molar-refractivity contribution in [2.75, 3.05) is 0 Å². The molecule has 0 amide bonds. The zero-order valence-electron chi connectivity index (χ0n) is 11.2. The highest BCUT2D eigenvalue weighted by atomic mass is 16.1. The lowest BCUT2D eigenvalue weighted by molar-refractivity contribution is 0.342. The van der Waals surface area contributed by atoms with Gasteiger partial charge in [0.05, 0.1) is 11.0 Å². The summed E-state index contributed by atoms with van der Waals surface area (Å²) in [6, 6.07) is 6.06. The van der Waals surface area contributed by atoms with Crippen LogP contribution in [0.25, 0.3) is 11.0 Å². The first kappa shape index (κ1) is 12.0. The summed E-state index contributed by atoms with van der Waals surface area (Å²) in [7, 11) is 1.84. The summed E-state index contributed by atoms with van der Waals surface area (Å²) >= 11 is 0. The summed E-state index contributed by atoms with van der Waals surface area (Å²) in [5.74, 6) is 0. The largest absolute Gasteiger partial charge is 0.328 e. The molecule has 17 heavy (non-hydrogen) atoms. The number of aryl methyl sites for hydroxylation is 2. The topological polar surface area (TPSA) is 26.9 Å². The smallest absolute Gasteiger partial charge is 0.295 e. The van der Waals surface area contributed by atoms with Crippen molar-refractivity contribution in [2.24, 2.45) is 12.5 Å². The van der Waals surface area contributed by atoms with Crippen LogP contribution in [0.3, 0.4) is 0 Å². The van der Waals surface area contributed by atoms with Crippen molar-refractivity contribution in [1.29, 1.82) is 0 Å². The fraction of sp³-hybridized carbons (Fsp3) is 0.500. The lowest BCUT2D eigenvalue weighted by atomic mass is 9.97. The normalized spacial score (nSPS) is 12.3. The van der Waals surface area contributed by atoms with Crippen LogP contribution in [-0.4, -0.2) is 9.13 Å². The molecule has 0 unspecified atom stereocenters. The fourth-order valence-electron chi connectivity index (χ4n) is 2.27. The number of imidazole rings is 1. The number of fused-ring (bicyclic) bond motifs is 1. The number of hydrogen-bond acceptors (Lipinski definition) is 1. The van der Waals surface area contributed by atoms with Crippen molar-refractivity contribution in [2.45, 2.75) is 34.2 Å². The molecule has 0 aliphatic rings. The number of para-hydroxylation sites is 1. The lowest BCUT2D eigenvalue weighted by Gasteiger charge is -2.19. The molecular weight excluding hydrogens is 212 g/mol. The number of nitrogens with zero attached hydrogens (tertiary/aromatic N) is 2. The van der Waals surface area contributed by atoms with Gasteiger partial charge >= 0.3 is 5.69 Å². The van der Waals surface area contributed by atoms with Crippen molar-refractivity contribution in [1.82, 2.24) is 9.13 Å². The van der Waals surface area contributed by atoms with Gasteiger partial charge in [0.2, 0.25) is 0 Å². The van der Waals surface area contributed by atoms with E-state index in [1.54, 1.807) is 4.57 Å². The second kappa shape index (κ2) is 3.76. The average Bonchev–Trinajstić information content (AvgIpc) is 2.43. The SMILES string of the molecule is Cc1cccc2c1n(CC(C)(C)C)c(=O)n2C. The van der Waals surface area contributed by atoms with Crippen LogP contribution in [0.2, 0.25) is 0 Å². The van der Waals surface area contributed by atoms with Crippen LogP contribution in [0.15, 0.2) is 23.0 Å². The molecule has 0 atom stereocenters. The third-order valence-corrected chi connectivity index (χ3v) is 3.00. The van der Waals surface area contributed by atoms with Gasteiger partial charge in [0.25, 0.3) is 0 Å². The van der Waals surface area contributed by atoms with Gasteiger partial charge in [-0.1, -0.05) is 32.9 Å². The molecule has 2 rings (SSSR count). The zero-order chi connectivity index (χ0) is 12.8. The van der Waals surface area contributed by atoms with E-state index in [4.69, 9.17) is 0 Å². The van der Waals surface area contributed by atoms with Crippen molar-refractivity contribution in [3.63, 3.8) is 0 Å². The second-order valence-electron chi connectivity index (χ2n) is 5.93. The van der Waals surface area contributed by atoms with Crippen molar-refractivity contribution in [3.05, 3.63) is 34.2 Å². The van der Waals surface area contributed by atoms with Gasteiger partial charge in [0.1, 0.15) is 0 Å². The van der Waals surface area contributed by atoms with Gasteiger partial charge in [0.15, 0.2) is 0 Å². The first-order chi connectivity index (χ1) is 7.81. The number of hydrogen-bond donors (Lipinski definition) is 0. The fourth-order valence-corrected chi connectivity index (χ4v) is 2.27. The molecule has 0 aliphatic carbocycles. The predicted molar refractivity (Wildman–Crippen MR) is 71.4 cm³/mol. The van der Waals surface area contributed by atoms with Crippen LogP contribution < -0.4 is 5.69 Å². The van der Waals surface area contributed by atoms with Crippen molar-refractivity contribution < 1.29 is 0 Å². The van der Waals surface area contributed by atoms with E-state index < -0.39 is 0 Å². The molecule has 0 saturated carbocycles. The molecule has 0 fully saturated rings. The minimum atomic E-state index is 0.0734. The highest BCUT2D eigenvalue weighted by Gasteiger charge is 2.18. The molecule has 1 aromatic heterocycles. The van der Waals surface area contributed by atoms with E-state index in [2.05, 4.69) is 33.8 Å². The summed E-state index contributed by atoms with van der Waals surface area (Å²) in [6.45, 7) is 9.25. The van der Waals surface area contributed by atoms with Gasteiger partial charge in [-0.25, -0.2) is 4.79 Å². The Hall–Kier alpha value is -1.51. The van der Waals surface area contributed by atoms with E-state index in [9.17, 15) is 4.79 Å². The molecule has 3 heteroatoms. The number of aromatic nitrogens is 2. The monoisotopic (exact) mass is 232 g/mol. The molecule has 92 valence electrons. The maximum absolute atomic E-state index is 12.2. The molecule has 2 aromatic rings. The van der Waals surface area contributed by atoms with Crippen LogP contribution in [0.1, 0.15) is 26.3 Å². The summed E-state index contributed by atoms with van der Waals surface area (Å²) in [4.78, 5) is 12.2. The first-order valence-electron chi connectivity index (χ1n) is 5.96. The summed E-state index contributed by atoms with van der Waals surface area (Å²) in [6.07, 6.45) is 0. The van der Waals surface area contributed by atoms with Gasteiger partial charge in [0, 0.05) is 13.6 Å². The molecule has 1 heterocycles. The van der Waals surface area contributed by atoms with Crippen LogP contribution >= 0.6 is 0 Å². The standard InChI is InChI=1S/C14H20N2O/c1-10-7-6-8-11-12(10)16(9-14(2,3)4)13(17)15(11)5/h6-8H,9H2,1-5H3. The highest BCUT2D eigenvalue weighted by Crippen LogP contribution is 2.22. The first-order valence-corrected chi connectivity index (χ1v) is 5.96. The van der Waals surface area contributed by atoms with Crippen LogP contribution in [0, 0.1) is 12.3 Å². The van der Waals surface area contributed by atoms with Crippen LogP contribution in [0.4, 0.5) is 0 Å². The molecule has 0 spiro atoms. The number of rotatable bonds is 1. The molecular formula is C14H20N2O. The molecule has 0 radical (unpaired) electrons. The Labute approximate surface area is 102 Å². The molecule has 0 aliphatic heterocycles. The maximum atomic E-state index is 12.2. The Morgan fingerprint density at radius 3 is 2.47 bits per heavy atom. The third-order valence-electron chi connectivity index (χ3n) is 3.00. The molecule has 0 bridgehead atoms. The maximum Gasteiger partial charge on any atom is 0.328 e. The van der Waals surface area contributed by atoms with E-state index in [0.29, 0.717) is 0 Å². The van der Waals surface area contributed by atoms with Crippen LogP contribution in [-0.2, 0) is 13.6 Å².